The summed E-state index contributed by atoms with van der Waals surface area (Å²) in [6.07, 6.45) is -3.17. The van der Waals surface area contributed by atoms with Gasteiger partial charge in [-0.25, -0.2) is 19.4 Å². The summed E-state index contributed by atoms with van der Waals surface area (Å²) in [5, 5.41) is 8.87. The second-order valence-corrected chi connectivity index (χ2v) is 7.91. The Kier molecular flexibility index (Phi) is 6.63. The molecule has 181 valence electrons. The minimum Gasteiger partial charge on any atom is -0.363 e. The molecule has 1 radical (unpaired) electrons. The molecule has 3 heterocycles. The van der Waals surface area contributed by atoms with Gasteiger partial charge >= 0.3 is 11.9 Å². The maximum atomic E-state index is 13.0. The van der Waals surface area contributed by atoms with Crippen LogP contribution in [0.4, 0.5) is 13.2 Å². The Morgan fingerprint density at radius 1 is 1.11 bits per heavy atom. The number of pyridine rings is 1. The average Bonchev–Trinajstić information content (AvgIpc) is 3.34. The number of hydrogen-bond acceptors (Lipinski definition) is 6. The van der Waals surface area contributed by atoms with E-state index in [1.54, 1.807) is 6.07 Å². The Balaban J connectivity index is 1.76. The Morgan fingerprint density at radius 2 is 1.83 bits per heavy atom. The lowest BCUT2D eigenvalue weighted by Crippen LogP contribution is -2.28. The van der Waals surface area contributed by atoms with E-state index in [2.05, 4.69) is 20.2 Å². The van der Waals surface area contributed by atoms with Gasteiger partial charge in [-0.2, -0.15) is 17.9 Å². The van der Waals surface area contributed by atoms with Gasteiger partial charge in [-0.1, -0.05) is 23.2 Å². The van der Waals surface area contributed by atoms with Gasteiger partial charge in [-0.15, -0.1) is 10.2 Å². The summed E-state index contributed by atoms with van der Waals surface area (Å²) in [5.41, 5.74) is 4.89. The molecule has 10 nitrogen and oxygen atoms in total. The number of benzene rings is 1. The second kappa shape index (κ2) is 9.50. The van der Waals surface area contributed by atoms with Gasteiger partial charge in [0.05, 0.1) is 11.4 Å². The Labute approximate surface area is 204 Å². The van der Waals surface area contributed by atoms with E-state index in [9.17, 15) is 22.8 Å². The second-order valence-electron chi connectivity index (χ2n) is 7.06. The molecule has 1 aromatic carbocycles. The van der Waals surface area contributed by atoms with Gasteiger partial charge in [0.25, 0.3) is 5.91 Å². The summed E-state index contributed by atoms with van der Waals surface area (Å²) in [6, 6.07) is 9.13. The standard InChI is InChI=1S/C20H14Cl2F3N8O2/c21-12-5-3-11(4-6-12)16-30-32(19(35)31(16)9-7-20(23,24)25)10-14-28-18(15(26)34)33(29-14)17-13(22)2-1-8-27-17/h1-8H,9-10H2,(H2,26,34). The Hall–Kier alpha value is -3.71. The number of carbonyl (C=O) groups excluding carboxylic acids is 1. The van der Waals surface area contributed by atoms with Crippen molar-refractivity contribution in [2.45, 2.75) is 19.3 Å². The van der Waals surface area contributed by atoms with Gasteiger partial charge in [0.2, 0.25) is 5.82 Å². The minimum atomic E-state index is -4.61. The summed E-state index contributed by atoms with van der Waals surface area (Å²) < 4.78 is 41.2. The summed E-state index contributed by atoms with van der Waals surface area (Å²) in [4.78, 5) is 33.0. The van der Waals surface area contributed by atoms with Crippen molar-refractivity contribution in [3.05, 3.63) is 81.2 Å². The van der Waals surface area contributed by atoms with Gasteiger partial charge in [0.1, 0.15) is 6.54 Å². The molecule has 3 aromatic heterocycles. The van der Waals surface area contributed by atoms with E-state index in [-0.39, 0.29) is 41.3 Å². The smallest absolute Gasteiger partial charge is 0.363 e. The number of nitrogens with two attached hydrogens (primary N) is 1. The predicted molar refractivity (Wildman–Crippen MR) is 119 cm³/mol. The molecule has 0 fully saturated rings. The molecule has 15 heteroatoms. The third-order valence-corrected chi connectivity index (χ3v) is 5.18. The Bertz CT molecular complexity index is 1440. The van der Waals surface area contributed by atoms with E-state index < -0.39 is 24.3 Å². The highest BCUT2D eigenvalue weighted by Crippen LogP contribution is 2.23. The number of amides is 1. The third-order valence-electron chi connectivity index (χ3n) is 4.63. The lowest BCUT2D eigenvalue weighted by atomic mass is 10.2. The van der Waals surface area contributed by atoms with Crippen molar-refractivity contribution in [3.63, 3.8) is 0 Å². The van der Waals surface area contributed by atoms with Gasteiger partial charge < -0.3 is 5.73 Å². The summed E-state index contributed by atoms with van der Waals surface area (Å²) in [5.74, 6) is -1.29. The van der Waals surface area contributed by atoms with Crippen LogP contribution in [0, 0.1) is 6.42 Å². The first kappa shape index (κ1) is 24.4. The van der Waals surface area contributed by atoms with E-state index in [1.807, 2.05) is 0 Å². The highest BCUT2D eigenvalue weighted by molar-refractivity contribution is 6.32. The molecule has 4 aromatic rings. The zero-order chi connectivity index (χ0) is 25.3. The molecule has 0 bridgehead atoms. The monoisotopic (exact) mass is 525 g/mol. The molecule has 0 aliphatic heterocycles. The maximum absolute atomic E-state index is 13.0. The molecule has 2 N–H and O–H groups in total. The van der Waals surface area contributed by atoms with E-state index in [4.69, 9.17) is 28.9 Å². The van der Waals surface area contributed by atoms with Crippen molar-refractivity contribution in [2.24, 2.45) is 5.73 Å². The molecule has 0 spiro atoms. The van der Waals surface area contributed by atoms with Crippen molar-refractivity contribution in [1.82, 2.24) is 34.1 Å². The fourth-order valence-electron chi connectivity index (χ4n) is 3.11. The van der Waals surface area contributed by atoms with Crippen molar-refractivity contribution in [2.75, 3.05) is 0 Å². The molecule has 1 amide bonds. The third kappa shape index (κ3) is 5.35. The predicted octanol–water partition coefficient (Wildman–Crippen LogP) is 2.91. The first-order valence-electron chi connectivity index (χ1n) is 9.75. The SMILES string of the molecule is NC(=O)c1nc(Cn2nc(-c3ccc(Cl)cc3)n(C[CH]C(F)(F)F)c2=O)nn1-c1ncccc1Cl. The quantitative estimate of drug-likeness (QED) is 0.395. The molecule has 0 saturated heterocycles. The summed E-state index contributed by atoms with van der Waals surface area (Å²) in [6.45, 7) is -1.16. The average molecular weight is 526 g/mol. The number of primary amides is 1. The molecule has 0 aliphatic carbocycles. The molecule has 0 saturated carbocycles. The van der Waals surface area contributed by atoms with E-state index in [0.717, 1.165) is 13.9 Å². The van der Waals surface area contributed by atoms with Crippen LogP contribution >= 0.6 is 23.2 Å². The fraction of sp³-hybridized carbons (Fsp3) is 0.150. The molecule has 35 heavy (non-hydrogen) atoms. The molecule has 4 rings (SSSR count). The van der Waals surface area contributed by atoms with E-state index in [0.29, 0.717) is 10.6 Å². The number of aromatic nitrogens is 7. The highest BCUT2D eigenvalue weighted by Gasteiger charge is 2.29. The van der Waals surface area contributed by atoms with E-state index >= 15 is 0 Å². The van der Waals surface area contributed by atoms with Crippen molar-refractivity contribution >= 4 is 29.1 Å². The van der Waals surface area contributed by atoms with Gasteiger partial charge in [0, 0.05) is 23.3 Å². The lowest BCUT2D eigenvalue weighted by Gasteiger charge is -2.08. The van der Waals surface area contributed by atoms with Crippen LogP contribution in [0.15, 0.2) is 47.4 Å². The van der Waals surface area contributed by atoms with E-state index in [1.165, 1.54) is 36.5 Å². The maximum Gasteiger partial charge on any atom is 0.394 e. The highest BCUT2D eigenvalue weighted by atomic mass is 35.5. The molecule has 0 unspecified atom stereocenters. The normalized spacial score (nSPS) is 11.7. The van der Waals surface area contributed by atoms with Crippen LogP contribution < -0.4 is 11.4 Å². The number of alkyl halides is 3. The van der Waals surface area contributed by atoms with Gasteiger partial charge in [-0.05, 0) is 36.4 Å². The molecule has 0 atom stereocenters. The largest absolute Gasteiger partial charge is 0.394 e. The first-order chi connectivity index (χ1) is 16.5. The number of carbonyl (C=O) groups is 1. The van der Waals surface area contributed by atoms with Crippen LogP contribution in [0.3, 0.4) is 0 Å². The minimum absolute atomic E-state index is 0.0288. The number of halogens is 5. The Morgan fingerprint density at radius 3 is 2.46 bits per heavy atom. The number of rotatable bonds is 7. The lowest BCUT2D eigenvalue weighted by molar-refractivity contribution is -0.0991. The van der Waals surface area contributed by atoms with Crippen LogP contribution in [0.1, 0.15) is 16.4 Å². The van der Waals surface area contributed by atoms with Crippen molar-refractivity contribution in [3.8, 4) is 17.2 Å². The zero-order valence-electron chi connectivity index (χ0n) is 17.4. The molecular formula is C20H14Cl2F3N8O2. The van der Waals surface area contributed by atoms with Gasteiger partial charge in [-0.3, -0.25) is 9.36 Å². The summed E-state index contributed by atoms with van der Waals surface area (Å²) in [7, 11) is 0. The zero-order valence-corrected chi connectivity index (χ0v) is 19.0. The van der Waals surface area contributed by atoms with Crippen LogP contribution in [0.2, 0.25) is 10.0 Å². The fourth-order valence-corrected chi connectivity index (χ4v) is 3.44. The topological polar surface area (TPSA) is 127 Å². The van der Waals surface area contributed by atoms with Crippen molar-refractivity contribution in [1.29, 1.82) is 0 Å². The number of nitrogens with zero attached hydrogens (tertiary/aromatic N) is 7. The summed E-state index contributed by atoms with van der Waals surface area (Å²) >= 11 is 12.0. The van der Waals surface area contributed by atoms with Crippen LogP contribution in [0.5, 0.6) is 0 Å². The van der Waals surface area contributed by atoms with Crippen LogP contribution in [-0.2, 0) is 13.1 Å². The molecule has 0 aliphatic rings. The number of hydrogen-bond donors (Lipinski definition) is 1. The van der Waals surface area contributed by atoms with Gasteiger partial charge in [0.15, 0.2) is 17.5 Å². The first-order valence-corrected chi connectivity index (χ1v) is 10.5. The molecular weight excluding hydrogens is 512 g/mol. The van der Waals surface area contributed by atoms with Crippen LogP contribution in [0.25, 0.3) is 17.2 Å². The van der Waals surface area contributed by atoms with Crippen molar-refractivity contribution < 1.29 is 18.0 Å². The van der Waals surface area contributed by atoms with Crippen LogP contribution in [-0.4, -0.2) is 46.2 Å².